The zero-order valence-electron chi connectivity index (χ0n) is 12.3. The zero-order valence-corrected chi connectivity index (χ0v) is 13.9. The van der Waals surface area contributed by atoms with Crippen molar-refractivity contribution in [1.82, 2.24) is 4.90 Å². The van der Waals surface area contributed by atoms with Gasteiger partial charge in [-0.25, -0.2) is 0 Å². The third-order valence-corrected chi connectivity index (χ3v) is 3.92. The molecule has 1 amide bonds. The first-order chi connectivity index (χ1) is 9.36. The molecule has 20 heavy (non-hydrogen) atoms. The van der Waals surface area contributed by atoms with Crippen LogP contribution in [0.1, 0.15) is 38.8 Å². The molecule has 0 radical (unpaired) electrons. The van der Waals surface area contributed by atoms with E-state index in [4.69, 9.17) is 11.5 Å². The van der Waals surface area contributed by atoms with Gasteiger partial charge in [-0.15, -0.1) is 0 Å². The maximum Gasteiger partial charge on any atom is 0.231 e. The van der Waals surface area contributed by atoms with Gasteiger partial charge in [-0.05, 0) is 38.0 Å². The third-order valence-electron chi connectivity index (χ3n) is 3.43. The van der Waals surface area contributed by atoms with E-state index in [1.807, 2.05) is 18.2 Å². The SMILES string of the molecule is CCC(N)C(c1cccc(Br)c1)N(CC(N)=O)C(C)C. The Balaban J connectivity index is 3.18. The Bertz CT molecular complexity index is 450. The van der Waals surface area contributed by atoms with E-state index in [0.717, 1.165) is 16.5 Å². The van der Waals surface area contributed by atoms with E-state index in [9.17, 15) is 4.79 Å². The van der Waals surface area contributed by atoms with Crippen molar-refractivity contribution in [2.75, 3.05) is 6.54 Å². The lowest BCUT2D eigenvalue weighted by molar-refractivity contribution is -0.120. The summed E-state index contributed by atoms with van der Waals surface area (Å²) in [5.74, 6) is -0.331. The molecule has 0 aliphatic rings. The van der Waals surface area contributed by atoms with Crippen molar-refractivity contribution < 1.29 is 4.79 Å². The highest BCUT2D eigenvalue weighted by Crippen LogP contribution is 2.28. The van der Waals surface area contributed by atoms with Crippen LogP contribution in [0.25, 0.3) is 0 Å². The van der Waals surface area contributed by atoms with Gasteiger partial charge >= 0.3 is 0 Å². The molecule has 4 N–H and O–H groups in total. The quantitative estimate of drug-likeness (QED) is 0.799. The standard InChI is InChI=1S/C15H24BrN3O/c1-4-13(17)15(11-6-5-7-12(16)8-11)19(10(2)3)9-14(18)20/h5-8,10,13,15H,4,9,17H2,1-3H3,(H2,18,20). The van der Waals surface area contributed by atoms with Crippen molar-refractivity contribution in [2.45, 2.75) is 45.3 Å². The average molecular weight is 342 g/mol. The normalized spacial score (nSPS) is 14.6. The van der Waals surface area contributed by atoms with Crippen LogP contribution in [0.5, 0.6) is 0 Å². The molecule has 1 aromatic rings. The minimum atomic E-state index is -0.331. The Kier molecular flexibility index (Phi) is 6.65. The Morgan fingerprint density at radius 1 is 1.40 bits per heavy atom. The molecule has 2 unspecified atom stereocenters. The number of primary amides is 1. The van der Waals surface area contributed by atoms with E-state index in [0.29, 0.717) is 0 Å². The number of nitrogens with zero attached hydrogens (tertiary/aromatic N) is 1. The minimum absolute atomic E-state index is 0.0231. The van der Waals surface area contributed by atoms with E-state index >= 15 is 0 Å². The molecule has 2 atom stereocenters. The van der Waals surface area contributed by atoms with Gasteiger partial charge < -0.3 is 11.5 Å². The smallest absolute Gasteiger partial charge is 0.231 e. The van der Waals surface area contributed by atoms with Crippen LogP contribution in [0, 0.1) is 0 Å². The first kappa shape index (κ1) is 17.1. The highest BCUT2D eigenvalue weighted by molar-refractivity contribution is 9.10. The first-order valence-corrected chi connectivity index (χ1v) is 7.71. The van der Waals surface area contributed by atoms with Gasteiger partial charge in [0.1, 0.15) is 0 Å². The lowest BCUT2D eigenvalue weighted by atomic mass is 9.95. The van der Waals surface area contributed by atoms with Crippen molar-refractivity contribution in [3.63, 3.8) is 0 Å². The van der Waals surface area contributed by atoms with Gasteiger partial charge in [-0.2, -0.15) is 0 Å². The molecule has 0 aliphatic heterocycles. The summed E-state index contributed by atoms with van der Waals surface area (Å²) in [5.41, 5.74) is 12.8. The van der Waals surface area contributed by atoms with E-state index in [1.54, 1.807) is 0 Å². The molecule has 0 aromatic heterocycles. The lowest BCUT2D eigenvalue weighted by Gasteiger charge is -2.37. The molecule has 0 saturated carbocycles. The monoisotopic (exact) mass is 341 g/mol. The van der Waals surface area contributed by atoms with Crippen molar-refractivity contribution in [3.8, 4) is 0 Å². The predicted octanol–water partition coefficient (Wildman–Crippen LogP) is 2.42. The molecular weight excluding hydrogens is 318 g/mol. The minimum Gasteiger partial charge on any atom is -0.369 e. The summed E-state index contributed by atoms with van der Waals surface area (Å²) >= 11 is 3.49. The van der Waals surface area contributed by atoms with Gasteiger partial charge in [0.2, 0.25) is 5.91 Å². The van der Waals surface area contributed by atoms with E-state index in [1.165, 1.54) is 0 Å². The molecule has 1 rings (SSSR count). The molecule has 0 saturated heterocycles. The number of nitrogens with two attached hydrogens (primary N) is 2. The third kappa shape index (κ3) is 4.58. The maximum atomic E-state index is 11.4. The number of rotatable bonds is 7. The van der Waals surface area contributed by atoms with E-state index < -0.39 is 0 Å². The highest BCUT2D eigenvalue weighted by atomic mass is 79.9. The van der Waals surface area contributed by atoms with Gasteiger partial charge in [-0.3, -0.25) is 9.69 Å². The topological polar surface area (TPSA) is 72.3 Å². The first-order valence-electron chi connectivity index (χ1n) is 6.91. The second-order valence-electron chi connectivity index (χ2n) is 5.30. The van der Waals surface area contributed by atoms with Crippen LogP contribution in [0.2, 0.25) is 0 Å². The number of hydrogen-bond acceptors (Lipinski definition) is 3. The van der Waals surface area contributed by atoms with E-state index in [2.05, 4.69) is 47.7 Å². The van der Waals surface area contributed by atoms with Crippen molar-refractivity contribution >= 4 is 21.8 Å². The molecule has 4 nitrogen and oxygen atoms in total. The molecule has 0 fully saturated rings. The van der Waals surface area contributed by atoms with Crippen LogP contribution in [-0.2, 0) is 4.79 Å². The highest BCUT2D eigenvalue weighted by Gasteiger charge is 2.28. The molecular formula is C15H24BrN3O. The van der Waals surface area contributed by atoms with Crippen molar-refractivity contribution in [1.29, 1.82) is 0 Å². The fourth-order valence-electron chi connectivity index (χ4n) is 2.38. The number of carbonyl (C=O) groups is 1. The van der Waals surface area contributed by atoms with Gasteiger partial charge in [-0.1, -0.05) is 35.0 Å². The summed E-state index contributed by atoms with van der Waals surface area (Å²) < 4.78 is 1.01. The summed E-state index contributed by atoms with van der Waals surface area (Å²) in [7, 11) is 0. The number of hydrogen-bond donors (Lipinski definition) is 2. The molecule has 0 aliphatic carbocycles. The largest absolute Gasteiger partial charge is 0.369 e. The summed E-state index contributed by atoms with van der Waals surface area (Å²) in [6, 6.07) is 8.17. The fourth-order valence-corrected chi connectivity index (χ4v) is 2.80. The molecule has 5 heteroatoms. The van der Waals surface area contributed by atoms with Crippen LogP contribution in [-0.4, -0.2) is 29.4 Å². The van der Waals surface area contributed by atoms with Crippen LogP contribution in [0.4, 0.5) is 0 Å². The molecule has 0 heterocycles. The maximum absolute atomic E-state index is 11.4. The Labute approximate surface area is 129 Å². The summed E-state index contributed by atoms with van der Waals surface area (Å²) in [4.78, 5) is 13.4. The van der Waals surface area contributed by atoms with Crippen LogP contribution >= 0.6 is 15.9 Å². The molecule has 112 valence electrons. The second kappa shape index (κ2) is 7.76. The van der Waals surface area contributed by atoms with Crippen LogP contribution in [0.15, 0.2) is 28.7 Å². The Morgan fingerprint density at radius 2 is 2.05 bits per heavy atom. The summed E-state index contributed by atoms with van der Waals surface area (Å²) in [6.45, 7) is 6.37. The summed E-state index contributed by atoms with van der Waals surface area (Å²) in [5, 5.41) is 0. The summed E-state index contributed by atoms with van der Waals surface area (Å²) in [6.07, 6.45) is 0.833. The van der Waals surface area contributed by atoms with Crippen LogP contribution in [0.3, 0.4) is 0 Å². The number of amides is 1. The fraction of sp³-hybridized carbons (Fsp3) is 0.533. The van der Waals surface area contributed by atoms with Gasteiger partial charge in [0, 0.05) is 16.6 Å². The second-order valence-corrected chi connectivity index (χ2v) is 6.22. The van der Waals surface area contributed by atoms with E-state index in [-0.39, 0.29) is 30.6 Å². The zero-order chi connectivity index (χ0) is 15.3. The van der Waals surface area contributed by atoms with Crippen LogP contribution < -0.4 is 11.5 Å². The predicted molar refractivity (Wildman–Crippen MR) is 86.2 cm³/mol. The number of benzene rings is 1. The Morgan fingerprint density at radius 3 is 2.50 bits per heavy atom. The van der Waals surface area contributed by atoms with Crippen molar-refractivity contribution in [3.05, 3.63) is 34.3 Å². The van der Waals surface area contributed by atoms with Crippen molar-refractivity contribution in [2.24, 2.45) is 11.5 Å². The lowest BCUT2D eigenvalue weighted by Crippen LogP contribution is -2.47. The number of halogens is 1. The van der Waals surface area contributed by atoms with Gasteiger partial charge in [0.05, 0.1) is 12.6 Å². The molecule has 0 bridgehead atoms. The molecule has 0 spiro atoms. The number of carbonyl (C=O) groups excluding carboxylic acids is 1. The molecule has 1 aromatic carbocycles. The average Bonchev–Trinajstić information content (AvgIpc) is 2.37. The Hall–Kier alpha value is -0.910. The van der Waals surface area contributed by atoms with Gasteiger partial charge in [0.15, 0.2) is 0 Å². The van der Waals surface area contributed by atoms with Gasteiger partial charge in [0.25, 0.3) is 0 Å².